The Kier molecular flexibility index (Phi) is 5.47. The molecule has 2 rings (SSSR count). The molecule has 1 unspecified atom stereocenters. The summed E-state index contributed by atoms with van der Waals surface area (Å²) in [6.07, 6.45) is 4.34. The van der Waals surface area contributed by atoms with Crippen LogP contribution in [0.4, 0.5) is 8.78 Å². The molecule has 1 heterocycles. The lowest BCUT2D eigenvalue weighted by atomic mass is 10.00. The van der Waals surface area contributed by atoms with Gasteiger partial charge < -0.3 is 5.32 Å². The molecule has 1 aromatic carbocycles. The van der Waals surface area contributed by atoms with Gasteiger partial charge in [0.25, 0.3) is 0 Å². The molecule has 0 radical (unpaired) electrons. The average molecular weight is 358 g/mol. The normalized spacial score (nSPS) is 12.6. The van der Waals surface area contributed by atoms with Crippen molar-refractivity contribution in [2.75, 3.05) is 6.54 Å². The third-order valence-electron chi connectivity index (χ3n) is 3.24. The number of benzene rings is 1. The van der Waals surface area contributed by atoms with E-state index in [4.69, 9.17) is 0 Å². The zero-order valence-corrected chi connectivity index (χ0v) is 13.6. The molecule has 0 aliphatic carbocycles. The predicted octanol–water partition coefficient (Wildman–Crippen LogP) is 4.03. The molecule has 114 valence electrons. The lowest BCUT2D eigenvalue weighted by molar-refractivity contribution is 0.501. The van der Waals surface area contributed by atoms with Gasteiger partial charge in [0, 0.05) is 28.3 Å². The molecule has 0 aliphatic heterocycles. The summed E-state index contributed by atoms with van der Waals surface area (Å²) in [5.74, 6) is -1.14. The first kappa shape index (κ1) is 16.1. The molecule has 0 saturated carbocycles. The average Bonchev–Trinajstić information content (AvgIpc) is 2.90. The summed E-state index contributed by atoms with van der Waals surface area (Å²) in [6, 6.07) is 2.02. The van der Waals surface area contributed by atoms with Crippen molar-refractivity contribution in [2.45, 2.75) is 32.9 Å². The van der Waals surface area contributed by atoms with Crippen LogP contribution in [0.25, 0.3) is 0 Å². The summed E-state index contributed by atoms with van der Waals surface area (Å²) in [4.78, 5) is 0. The number of nitrogens with one attached hydrogen (secondary N) is 1. The van der Waals surface area contributed by atoms with Gasteiger partial charge in [-0.25, -0.2) is 8.78 Å². The fourth-order valence-electron chi connectivity index (χ4n) is 2.21. The Morgan fingerprint density at radius 2 is 1.95 bits per heavy atom. The highest BCUT2D eigenvalue weighted by Crippen LogP contribution is 2.29. The molecule has 2 aromatic rings. The Hall–Kier alpha value is -1.27. The van der Waals surface area contributed by atoms with Crippen molar-refractivity contribution in [1.82, 2.24) is 15.1 Å². The molecule has 0 bridgehead atoms. The van der Waals surface area contributed by atoms with Gasteiger partial charge in [0.15, 0.2) is 0 Å². The van der Waals surface area contributed by atoms with Crippen molar-refractivity contribution >= 4 is 15.9 Å². The Morgan fingerprint density at radius 1 is 1.29 bits per heavy atom. The molecular formula is C15H18BrF2N3. The summed E-state index contributed by atoms with van der Waals surface area (Å²) in [7, 11) is 0. The molecule has 0 aliphatic rings. The summed E-state index contributed by atoms with van der Waals surface area (Å²) < 4.78 is 30.6. The van der Waals surface area contributed by atoms with Crippen LogP contribution in [-0.4, -0.2) is 16.3 Å². The molecule has 0 amide bonds. The largest absolute Gasteiger partial charge is 0.306 e. The maximum absolute atomic E-state index is 14.2. The third-order valence-corrected chi connectivity index (χ3v) is 3.70. The van der Waals surface area contributed by atoms with Gasteiger partial charge in [-0.3, -0.25) is 4.68 Å². The van der Waals surface area contributed by atoms with Crippen molar-refractivity contribution in [2.24, 2.45) is 0 Å². The number of aryl methyl sites for hydroxylation is 1. The smallest absolute Gasteiger partial charge is 0.132 e. The van der Waals surface area contributed by atoms with Crippen LogP contribution >= 0.6 is 15.9 Å². The minimum atomic E-state index is -0.570. The van der Waals surface area contributed by atoms with E-state index in [2.05, 4.69) is 26.3 Å². The maximum atomic E-state index is 14.2. The van der Waals surface area contributed by atoms with Crippen LogP contribution in [0.1, 0.15) is 37.4 Å². The van der Waals surface area contributed by atoms with Crippen LogP contribution in [0, 0.1) is 11.6 Å². The van der Waals surface area contributed by atoms with Gasteiger partial charge >= 0.3 is 0 Å². The first-order valence-corrected chi connectivity index (χ1v) is 7.76. The fourth-order valence-corrected chi connectivity index (χ4v) is 2.61. The number of nitrogens with zero attached hydrogens (tertiary/aromatic N) is 2. The number of halogens is 3. The number of rotatable bonds is 6. The molecule has 1 N–H and O–H groups in total. The lowest BCUT2D eigenvalue weighted by Crippen LogP contribution is -2.25. The molecule has 1 aromatic heterocycles. The quantitative estimate of drug-likeness (QED) is 0.845. The van der Waals surface area contributed by atoms with Crippen molar-refractivity contribution in [1.29, 1.82) is 0 Å². The Bertz CT molecular complexity index is 590. The number of hydrogen-bond donors (Lipinski definition) is 1. The summed E-state index contributed by atoms with van der Waals surface area (Å²) >= 11 is 3.10. The molecule has 6 heteroatoms. The standard InChI is InChI=1S/C15H18BrF2N3/c1-3-5-19-15(10-8-20-21(4-2)9-10)14-12(17)6-11(16)7-13(14)18/h6-9,15,19H,3-5H2,1-2H3. The van der Waals surface area contributed by atoms with Crippen molar-refractivity contribution in [3.05, 3.63) is 51.8 Å². The van der Waals surface area contributed by atoms with E-state index in [0.29, 0.717) is 17.6 Å². The van der Waals surface area contributed by atoms with Crippen LogP contribution in [0.2, 0.25) is 0 Å². The van der Waals surface area contributed by atoms with Gasteiger partial charge in [0.1, 0.15) is 11.6 Å². The SMILES string of the molecule is CCCNC(c1cnn(CC)c1)c1c(F)cc(Br)cc1F. The highest BCUT2D eigenvalue weighted by atomic mass is 79.9. The van der Waals surface area contributed by atoms with E-state index in [-0.39, 0.29) is 5.56 Å². The van der Waals surface area contributed by atoms with E-state index >= 15 is 0 Å². The Labute approximate surface area is 131 Å². The van der Waals surface area contributed by atoms with Gasteiger partial charge in [-0.15, -0.1) is 0 Å². The van der Waals surface area contributed by atoms with Crippen LogP contribution in [-0.2, 0) is 6.54 Å². The zero-order valence-electron chi connectivity index (χ0n) is 12.0. The summed E-state index contributed by atoms with van der Waals surface area (Å²) in [6.45, 7) is 5.35. The summed E-state index contributed by atoms with van der Waals surface area (Å²) in [5, 5.41) is 7.38. The Balaban J connectivity index is 2.45. The topological polar surface area (TPSA) is 29.9 Å². The van der Waals surface area contributed by atoms with Crippen molar-refractivity contribution < 1.29 is 8.78 Å². The Morgan fingerprint density at radius 3 is 2.48 bits per heavy atom. The first-order chi connectivity index (χ1) is 10.1. The molecule has 21 heavy (non-hydrogen) atoms. The highest BCUT2D eigenvalue weighted by molar-refractivity contribution is 9.10. The molecule has 1 atom stereocenters. The lowest BCUT2D eigenvalue weighted by Gasteiger charge is -2.19. The third kappa shape index (κ3) is 3.68. The first-order valence-electron chi connectivity index (χ1n) is 6.97. The second-order valence-electron chi connectivity index (χ2n) is 4.80. The number of hydrogen-bond acceptors (Lipinski definition) is 2. The van der Waals surface area contributed by atoms with Gasteiger partial charge in [-0.1, -0.05) is 22.9 Å². The highest BCUT2D eigenvalue weighted by Gasteiger charge is 2.23. The second kappa shape index (κ2) is 7.13. The summed E-state index contributed by atoms with van der Waals surface area (Å²) in [5.41, 5.74) is 0.785. The van der Waals surface area contributed by atoms with E-state index in [1.807, 2.05) is 20.0 Å². The van der Waals surface area contributed by atoms with Crippen LogP contribution in [0.3, 0.4) is 0 Å². The second-order valence-corrected chi connectivity index (χ2v) is 5.72. The van der Waals surface area contributed by atoms with Crippen molar-refractivity contribution in [3.8, 4) is 0 Å². The predicted molar refractivity (Wildman–Crippen MR) is 82.1 cm³/mol. The number of aromatic nitrogens is 2. The van der Waals surface area contributed by atoms with E-state index in [0.717, 1.165) is 12.0 Å². The van der Waals surface area contributed by atoms with E-state index < -0.39 is 17.7 Å². The zero-order chi connectivity index (χ0) is 15.4. The van der Waals surface area contributed by atoms with E-state index in [1.54, 1.807) is 10.9 Å². The van der Waals surface area contributed by atoms with Crippen LogP contribution < -0.4 is 5.32 Å². The van der Waals surface area contributed by atoms with Gasteiger partial charge in [-0.05, 0) is 32.0 Å². The molecular weight excluding hydrogens is 340 g/mol. The monoisotopic (exact) mass is 357 g/mol. The fraction of sp³-hybridized carbons (Fsp3) is 0.400. The maximum Gasteiger partial charge on any atom is 0.132 e. The van der Waals surface area contributed by atoms with Gasteiger partial charge in [0.05, 0.1) is 12.2 Å². The van der Waals surface area contributed by atoms with Gasteiger partial charge in [0.2, 0.25) is 0 Å². The van der Waals surface area contributed by atoms with E-state index in [9.17, 15) is 8.78 Å². The van der Waals surface area contributed by atoms with E-state index in [1.165, 1.54) is 12.1 Å². The minimum Gasteiger partial charge on any atom is -0.306 e. The van der Waals surface area contributed by atoms with Crippen molar-refractivity contribution in [3.63, 3.8) is 0 Å². The minimum absolute atomic E-state index is 0.0299. The molecule has 0 fully saturated rings. The van der Waals surface area contributed by atoms with Crippen LogP contribution in [0.5, 0.6) is 0 Å². The molecule has 0 saturated heterocycles. The molecule has 0 spiro atoms. The van der Waals surface area contributed by atoms with Crippen LogP contribution in [0.15, 0.2) is 29.0 Å². The molecule has 3 nitrogen and oxygen atoms in total. The van der Waals surface area contributed by atoms with Gasteiger partial charge in [-0.2, -0.15) is 5.10 Å².